The molecule has 0 atom stereocenters. The molecule has 0 amide bonds. The molecule has 0 saturated heterocycles. The van der Waals surface area contributed by atoms with E-state index >= 15 is 0 Å². The van der Waals surface area contributed by atoms with Gasteiger partial charge in [0.1, 0.15) is 5.82 Å². The summed E-state index contributed by atoms with van der Waals surface area (Å²) in [5.74, 6) is 0.962. The zero-order chi connectivity index (χ0) is 13.0. The molecule has 0 bridgehead atoms. The SMILES string of the molecule is CCN(c1ccc(CN)cn1)c1ccccc1C. The standard InChI is InChI=1S/C15H19N3/c1-3-18(14-7-5-4-6-12(14)2)15-9-8-13(10-16)11-17-15/h4-9,11H,3,10,16H2,1-2H3. The number of para-hydroxylation sites is 1. The first kappa shape index (κ1) is 12.6. The highest BCUT2D eigenvalue weighted by Gasteiger charge is 2.10. The molecule has 2 aromatic rings. The van der Waals surface area contributed by atoms with Crippen LogP contribution in [0.25, 0.3) is 0 Å². The van der Waals surface area contributed by atoms with Crippen molar-refractivity contribution in [1.82, 2.24) is 4.98 Å². The molecule has 0 aliphatic heterocycles. The second-order valence-electron chi connectivity index (χ2n) is 4.26. The van der Waals surface area contributed by atoms with Crippen molar-refractivity contribution in [3.63, 3.8) is 0 Å². The number of benzene rings is 1. The number of nitrogens with zero attached hydrogens (tertiary/aromatic N) is 2. The third kappa shape index (κ3) is 2.51. The molecule has 18 heavy (non-hydrogen) atoms. The van der Waals surface area contributed by atoms with Crippen LogP contribution in [0.2, 0.25) is 0 Å². The summed E-state index contributed by atoms with van der Waals surface area (Å²) >= 11 is 0. The quantitative estimate of drug-likeness (QED) is 0.894. The minimum Gasteiger partial charge on any atom is -0.326 e. The summed E-state index contributed by atoms with van der Waals surface area (Å²) in [7, 11) is 0. The number of hydrogen-bond donors (Lipinski definition) is 1. The molecule has 3 heteroatoms. The van der Waals surface area contributed by atoms with Gasteiger partial charge < -0.3 is 10.6 Å². The summed E-state index contributed by atoms with van der Waals surface area (Å²) in [6.07, 6.45) is 1.84. The fourth-order valence-corrected chi connectivity index (χ4v) is 2.02. The Morgan fingerprint density at radius 2 is 1.94 bits per heavy atom. The van der Waals surface area contributed by atoms with Gasteiger partial charge in [-0.25, -0.2) is 4.98 Å². The Balaban J connectivity index is 2.36. The van der Waals surface area contributed by atoms with Crippen molar-refractivity contribution in [2.45, 2.75) is 20.4 Å². The van der Waals surface area contributed by atoms with E-state index in [-0.39, 0.29) is 0 Å². The van der Waals surface area contributed by atoms with Crippen LogP contribution in [0.5, 0.6) is 0 Å². The first-order chi connectivity index (χ1) is 8.76. The highest BCUT2D eigenvalue weighted by Crippen LogP contribution is 2.26. The van der Waals surface area contributed by atoms with Crippen LogP contribution in [0.15, 0.2) is 42.6 Å². The average molecular weight is 241 g/mol. The van der Waals surface area contributed by atoms with Crippen molar-refractivity contribution >= 4 is 11.5 Å². The van der Waals surface area contributed by atoms with Gasteiger partial charge in [-0.1, -0.05) is 24.3 Å². The maximum absolute atomic E-state index is 5.59. The van der Waals surface area contributed by atoms with Crippen LogP contribution in [-0.4, -0.2) is 11.5 Å². The number of hydrogen-bond acceptors (Lipinski definition) is 3. The van der Waals surface area contributed by atoms with E-state index in [0.717, 1.165) is 17.9 Å². The normalized spacial score (nSPS) is 10.4. The maximum Gasteiger partial charge on any atom is 0.132 e. The lowest BCUT2D eigenvalue weighted by atomic mass is 10.1. The van der Waals surface area contributed by atoms with Crippen LogP contribution in [0, 0.1) is 6.92 Å². The Morgan fingerprint density at radius 1 is 1.17 bits per heavy atom. The number of anilines is 2. The monoisotopic (exact) mass is 241 g/mol. The fraction of sp³-hybridized carbons (Fsp3) is 0.267. The maximum atomic E-state index is 5.59. The van der Waals surface area contributed by atoms with Gasteiger partial charge in [0.15, 0.2) is 0 Å². The van der Waals surface area contributed by atoms with Crippen LogP contribution < -0.4 is 10.6 Å². The molecule has 2 rings (SSSR count). The molecule has 94 valence electrons. The van der Waals surface area contributed by atoms with Crippen LogP contribution in [-0.2, 0) is 6.54 Å². The molecule has 0 fully saturated rings. The Bertz CT molecular complexity index is 505. The summed E-state index contributed by atoms with van der Waals surface area (Å²) in [5, 5.41) is 0. The number of aryl methyl sites for hydroxylation is 1. The Kier molecular flexibility index (Phi) is 3.95. The van der Waals surface area contributed by atoms with Gasteiger partial charge in [-0.15, -0.1) is 0 Å². The van der Waals surface area contributed by atoms with Crippen molar-refractivity contribution < 1.29 is 0 Å². The Morgan fingerprint density at radius 3 is 2.50 bits per heavy atom. The van der Waals surface area contributed by atoms with Gasteiger partial charge in [-0.2, -0.15) is 0 Å². The lowest BCUT2D eigenvalue weighted by molar-refractivity contribution is 0.969. The van der Waals surface area contributed by atoms with Gasteiger partial charge in [0.2, 0.25) is 0 Å². The first-order valence-corrected chi connectivity index (χ1v) is 6.24. The highest BCUT2D eigenvalue weighted by atomic mass is 15.2. The number of pyridine rings is 1. The first-order valence-electron chi connectivity index (χ1n) is 6.24. The predicted molar refractivity (Wildman–Crippen MR) is 76.0 cm³/mol. The molecule has 0 aliphatic carbocycles. The van der Waals surface area contributed by atoms with Gasteiger partial charge in [0.25, 0.3) is 0 Å². The van der Waals surface area contributed by atoms with Gasteiger partial charge in [-0.05, 0) is 37.1 Å². The van der Waals surface area contributed by atoms with Crippen LogP contribution in [0.3, 0.4) is 0 Å². The van der Waals surface area contributed by atoms with Gasteiger partial charge in [0, 0.05) is 25.0 Å². The molecule has 3 nitrogen and oxygen atoms in total. The molecule has 0 radical (unpaired) electrons. The largest absolute Gasteiger partial charge is 0.326 e. The van der Waals surface area contributed by atoms with Crippen molar-refractivity contribution in [3.05, 3.63) is 53.7 Å². The molecule has 0 saturated carbocycles. The summed E-state index contributed by atoms with van der Waals surface area (Å²) in [6.45, 7) is 5.67. The van der Waals surface area contributed by atoms with E-state index in [1.807, 2.05) is 18.3 Å². The number of rotatable bonds is 4. The molecule has 0 spiro atoms. The molecule has 1 aromatic heterocycles. The second-order valence-corrected chi connectivity index (χ2v) is 4.26. The molecule has 1 heterocycles. The summed E-state index contributed by atoms with van der Waals surface area (Å²) in [6, 6.07) is 12.4. The summed E-state index contributed by atoms with van der Waals surface area (Å²) in [4.78, 5) is 6.69. The zero-order valence-corrected chi connectivity index (χ0v) is 10.9. The number of aromatic nitrogens is 1. The van der Waals surface area contributed by atoms with Crippen LogP contribution in [0.4, 0.5) is 11.5 Å². The molecular weight excluding hydrogens is 222 g/mol. The Hall–Kier alpha value is -1.87. The van der Waals surface area contributed by atoms with Crippen molar-refractivity contribution in [2.75, 3.05) is 11.4 Å². The highest BCUT2D eigenvalue weighted by molar-refractivity contribution is 5.63. The van der Waals surface area contributed by atoms with Gasteiger partial charge in [-0.3, -0.25) is 0 Å². The summed E-state index contributed by atoms with van der Waals surface area (Å²) < 4.78 is 0. The van der Waals surface area contributed by atoms with E-state index in [0.29, 0.717) is 6.54 Å². The van der Waals surface area contributed by atoms with Crippen molar-refractivity contribution in [3.8, 4) is 0 Å². The minimum atomic E-state index is 0.532. The van der Waals surface area contributed by atoms with E-state index in [1.165, 1.54) is 11.3 Å². The van der Waals surface area contributed by atoms with Crippen LogP contribution in [0.1, 0.15) is 18.1 Å². The third-order valence-electron chi connectivity index (χ3n) is 3.04. The molecular formula is C15H19N3. The molecule has 2 N–H and O–H groups in total. The van der Waals surface area contributed by atoms with E-state index in [1.54, 1.807) is 0 Å². The van der Waals surface area contributed by atoms with Crippen molar-refractivity contribution in [1.29, 1.82) is 0 Å². The molecule has 0 unspecified atom stereocenters. The van der Waals surface area contributed by atoms with Crippen LogP contribution >= 0.6 is 0 Å². The zero-order valence-electron chi connectivity index (χ0n) is 10.9. The van der Waals surface area contributed by atoms with E-state index < -0.39 is 0 Å². The lowest BCUT2D eigenvalue weighted by Gasteiger charge is -2.24. The third-order valence-corrected chi connectivity index (χ3v) is 3.04. The van der Waals surface area contributed by atoms with E-state index in [4.69, 9.17) is 5.73 Å². The molecule has 1 aromatic carbocycles. The second kappa shape index (κ2) is 5.65. The van der Waals surface area contributed by atoms with E-state index in [9.17, 15) is 0 Å². The van der Waals surface area contributed by atoms with E-state index in [2.05, 4.69) is 48.0 Å². The fourth-order valence-electron chi connectivity index (χ4n) is 2.02. The Labute approximate surface area is 108 Å². The van der Waals surface area contributed by atoms with Crippen molar-refractivity contribution in [2.24, 2.45) is 5.73 Å². The molecule has 0 aliphatic rings. The number of nitrogens with two attached hydrogens (primary N) is 1. The lowest BCUT2D eigenvalue weighted by Crippen LogP contribution is -2.18. The minimum absolute atomic E-state index is 0.532. The van der Waals surface area contributed by atoms with Gasteiger partial charge in [0.05, 0.1) is 0 Å². The van der Waals surface area contributed by atoms with Gasteiger partial charge >= 0.3 is 0 Å². The average Bonchev–Trinajstić information content (AvgIpc) is 2.42. The predicted octanol–water partition coefficient (Wildman–Crippen LogP) is 3.01. The summed E-state index contributed by atoms with van der Waals surface area (Å²) in [5.41, 5.74) is 9.10. The topological polar surface area (TPSA) is 42.1 Å². The smallest absolute Gasteiger partial charge is 0.132 e.